The highest BCUT2D eigenvalue weighted by Crippen LogP contribution is 2.16. The van der Waals surface area contributed by atoms with Crippen LogP contribution in [-0.4, -0.2) is 73.6 Å². The zero-order valence-corrected chi connectivity index (χ0v) is 14.4. The van der Waals surface area contributed by atoms with Crippen LogP contribution < -0.4 is 5.32 Å². The van der Waals surface area contributed by atoms with Gasteiger partial charge in [-0.15, -0.1) is 12.4 Å². The van der Waals surface area contributed by atoms with Gasteiger partial charge in [0.25, 0.3) is 5.91 Å². The van der Waals surface area contributed by atoms with Gasteiger partial charge in [-0.3, -0.25) is 9.59 Å². The van der Waals surface area contributed by atoms with E-state index >= 15 is 0 Å². The second kappa shape index (κ2) is 8.55. The highest BCUT2D eigenvalue weighted by Gasteiger charge is 2.31. The van der Waals surface area contributed by atoms with Gasteiger partial charge in [0, 0.05) is 32.7 Å². The smallest absolute Gasteiger partial charge is 0.259 e. The number of nitrogens with one attached hydrogen (secondary N) is 1. The Morgan fingerprint density at radius 3 is 2.24 bits per heavy atom. The van der Waals surface area contributed by atoms with Crippen molar-refractivity contribution in [1.29, 1.82) is 0 Å². The highest BCUT2D eigenvalue weighted by molar-refractivity contribution is 5.95. The average Bonchev–Trinajstić information content (AvgIpc) is 2.62. The van der Waals surface area contributed by atoms with E-state index in [1.807, 2.05) is 0 Å². The third-order valence-corrected chi connectivity index (χ3v) is 4.27. The van der Waals surface area contributed by atoms with Crippen LogP contribution in [0.2, 0.25) is 0 Å². The van der Waals surface area contributed by atoms with Crippen molar-refractivity contribution < 1.29 is 23.1 Å². The highest BCUT2D eigenvalue weighted by atomic mass is 35.5. The Morgan fingerprint density at radius 1 is 1.08 bits per heavy atom. The first-order chi connectivity index (χ1) is 11.6. The molecule has 2 aliphatic rings. The van der Waals surface area contributed by atoms with Crippen LogP contribution in [0, 0.1) is 11.6 Å². The summed E-state index contributed by atoms with van der Waals surface area (Å²) in [4.78, 5) is 27.7. The van der Waals surface area contributed by atoms with Crippen molar-refractivity contribution in [2.75, 3.05) is 45.9 Å². The van der Waals surface area contributed by atoms with Crippen molar-refractivity contribution in [2.24, 2.45) is 0 Å². The van der Waals surface area contributed by atoms with Crippen LogP contribution in [0.1, 0.15) is 10.4 Å². The summed E-state index contributed by atoms with van der Waals surface area (Å²) in [5.41, 5.74) is -0.542. The number of morpholine rings is 1. The molecule has 0 saturated carbocycles. The molecule has 0 aromatic heterocycles. The summed E-state index contributed by atoms with van der Waals surface area (Å²) in [5, 5.41) is 3.09. The molecule has 0 spiro atoms. The number of carbonyl (C=O) groups excluding carboxylic acids is 2. The first-order valence-corrected chi connectivity index (χ1v) is 7.91. The molecule has 3 rings (SSSR count). The molecular weight excluding hydrogens is 356 g/mol. The molecule has 25 heavy (non-hydrogen) atoms. The zero-order valence-electron chi connectivity index (χ0n) is 13.5. The molecule has 2 fully saturated rings. The van der Waals surface area contributed by atoms with E-state index in [1.165, 1.54) is 11.0 Å². The van der Waals surface area contributed by atoms with E-state index < -0.39 is 23.1 Å². The molecule has 2 heterocycles. The Labute approximate surface area is 150 Å². The normalized spacial score (nSPS) is 20.8. The van der Waals surface area contributed by atoms with Crippen LogP contribution in [0.5, 0.6) is 0 Å². The molecule has 1 N–H and O–H groups in total. The largest absolute Gasteiger partial charge is 0.378 e. The van der Waals surface area contributed by atoms with Crippen LogP contribution in [0.4, 0.5) is 8.78 Å². The topological polar surface area (TPSA) is 61.9 Å². The van der Waals surface area contributed by atoms with E-state index in [0.29, 0.717) is 32.8 Å². The van der Waals surface area contributed by atoms with Crippen LogP contribution in [0.25, 0.3) is 0 Å². The summed E-state index contributed by atoms with van der Waals surface area (Å²) in [6.07, 6.45) is 0. The number of piperazine rings is 1. The maximum Gasteiger partial charge on any atom is 0.259 e. The van der Waals surface area contributed by atoms with Gasteiger partial charge < -0.3 is 19.9 Å². The number of hydrogen-bond acceptors (Lipinski definition) is 4. The van der Waals surface area contributed by atoms with Gasteiger partial charge in [-0.25, -0.2) is 8.78 Å². The van der Waals surface area contributed by atoms with Gasteiger partial charge in [-0.05, 0) is 12.1 Å². The van der Waals surface area contributed by atoms with Crippen LogP contribution in [0.3, 0.4) is 0 Å². The lowest BCUT2D eigenvalue weighted by Crippen LogP contribution is -2.57. The lowest BCUT2D eigenvalue weighted by atomic mass is 10.1. The summed E-state index contributed by atoms with van der Waals surface area (Å²) in [5.74, 6) is -2.50. The van der Waals surface area contributed by atoms with Crippen LogP contribution in [-0.2, 0) is 9.53 Å². The van der Waals surface area contributed by atoms with Gasteiger partial charge in [-0.1, -0.05) is 6.07 Å². The van der Waals surface area contributed by atoms with Crippen molar-refractivity contribution in [3.63, 3.8) is 0 Å². The number of carbonyl (C=O) groups is 2. The molecule has 2 amide bonds. The number of hydrogen-bond donors (Lipinski definition) is 1. The quantitative estimate of drug-likeness (QED) is 0.825. The molecule has 1 unspecified atom stereocenters. The Morgan fingerprint density at radius 2 is 1.68 bits per heavy atom. The first-order valence-electron chi connectivity index (χ1n) is 7.91. The molecule has 138 valence electrons. The van der Waals surface area contributed by atoms with Crippen molar-refractivity contribution in [3.8, 4) is 0 Å². The molecule has 1 aromatic rings. The third kappa shape index (κ3) is 4.26. The van der Waals surface area contributed by atoms with E-state index in [1.54, 1.807) is 4.90 Å². The van der Waals surface area contributed by atoms with E-state index in [4.69, 9.17) is 4.74 Å². The van der Waals surface area contributed by atoms with Gasteiger partial charge in [0.1, 0.15) is 23.2 Å². The van der Waals surface area contributed by atoms with Gasteiger partial charge in [0.05, 0.1) is 13.2 Å². The van der Waals surface area contributed by atoms with Crippen molar-refractivity contribution >= 4 is 24.2 Å². The Hall–Kier alpha value is -1.77. The van der Waals surface area contributed by atoms with E-state index in [9.17, 15) is 18.4 Å². The van der Waals surface area contributed by atoms with Gasteiger partial charge in [-0.2, -0.15) is 0 Å². The standard InChI is InChI=1S/C16H19F2N3O3.ClH/c17-11-2-1-3-12(18)14(11)16(23)21-7-5-20(6-8-21)15(22)13-10-24-9-4-19-13;/h1-3,13,19H,4-10H2;1H. The minimum absolute atomic E-state index is 0. The molecule has 1 atom stereocenters. The molecule has 0 aliphatic carbocycles. The number of amides is 2. The van der Waals surface area contributed by atoms with Crippen LogP contribution in [0.15, 0.2) is 18.2 Å². The predicted octanol–water partition coefficient (Wildman–Crippen LogP) is 0.659. The third-order valence-electron chi connectivity index (χ3n) is 4.27. The van der Waals surface area contributed by atoms with E-state index in [0.717, 1.165) is 12.1 Å². The minimum Gasteiger partial charge on any atom is -0.378 e. The molecule has 0 radical (unpaired) electrons. The second-order valence-electron chi connectivity index (χ2n) is 5.80. The fraction of sp³-hybridized carbons (Fsp3) is 0.500. The average molecular weight is 376 g/mol. The zero-order chi connectivity index (χ0) is 17.1. The summed E-state index contributed by atoms with van der Waals surface area (Å²) in [7, 11) is 0. The number of ether oxygens (including phenoxy) is 1. The molecule has 2 saturated heterocycles. The molecule has 2 aliphatic heterocycles. The van der Waals surface area contributed by atoms with Gasteiger partial charge in [0.15, 0.2) is 0 Å². The van der Waals surface area contributed by atoms with Crippen molar-refractivity contribution in [1.82, 2.24) is 15.1 Å². The summed E-state index contributed by atoms with van der Waals surface area (Å²) in [6.45, 7) is 2.69. The summed E-state index contributed by atoms with van der Waals surface area (Å²) < 4.78 is 32.7. The van der Waals surface area contributed by atoms with Gasteiger partial charge >= 0.3 is 0 Å². The summed E-state index contributed by atoms with van der Waals surface area (Å²) >= 11 is 0. The fourth-order valence-corrected chi connectivity index (χ4v) is 2.93. The maximum atomic E-state index is 13.7. The number of rotatable bonds is 2. The lowest BCUT2D eigenvalue weighted by Gasteiger charge is -2.37. The molecule has 1 aromatic carbocycles. The first kappa shape index (κ1) is 19.6. The monoisotopic (exact) mass is 375 g/mol. The molecule has 9 heteroatoms. The minimum atomic E-state index is -0.873. The van der Waals surface area contributed by atoms with Crippen LogP contribution >= 0.6 is 12.4 Å². The molecular formula is C16H20ClF2N3O3. The van der Waals surface area contributed by atoms with Gasteiger partial charge in [0.2, 0.25) is 5.91 Å². The van der Waals surface area contributed by atoms with E-state index in [-0.39, 0.29) is 37.4 Å². The Kier molecular flexibility index (Phi) is 6.69. The van der Waals surface area contributed by atoms with Crippen molar-refractivity contribution in [2.45, 2.75) is 6.04 Å². The SMILES string of the molecule is Cl.O=C(c1c(F)cccc1F)N1CCN(C(=O)C2COCCN2)CC1. The van der Waals surface area contributed by atoms with E-state index in [2.05, 4.69) is 5.32 Å². The number of halogens is 3. The Balaban J connectivity index is 0.00000225. The molecule has 6 nitrogen and oxygen atoms in total. The Bertz CT molecular complexity index is 613. The fourth-order valence-electron chi connectivity index (χ4n) is 2.93. The lowest BCUT2D eigenvalue weighted by molar-refractivity contribution is -0.137. The van der Waals surface area contributed by atoms with Crippen molar-refractivity contribution in [3.05, 3.63) is 35.4 Å². The summed E-state index contributed by atoms with van der Waals surface area (Å²) in [6, 6.07) is 2.97. The number of benzene rings is 1. The predicted molar refractivity (Wildman–Crippen MR) is 88.7 cm³/mol. The number of nitrogens with zero attached hydrogens (tertiary/aromatic N) is 2. The second-order valence-corrected chi connectivity index (χ2v) is 5.80. The molecule has 0 bridgehead atoms. The maximum absolute atomic E-state index is 13.7.